The number of nitrogens with zero attached hydrogens (tertiary/aromatic N) is 2. The molecule has 2 nitrogen and oxygen atoms in total. The van der Waals surface area contributed by atoms with Crippen molar-refractivity contribution in [1.29, 1.82) is 0 Å². The van der Waals surface area contributed by atoms with Gasteiger partial charge in [-0.1, -0.05) is 6.08 Å². The summed E-state index contributed by atoms with van der Waals surface area (Å²) < 4.78 is 0. The Balaban J connectivity index is 2.35. The van der Waals surface area contributed by atoms with Crippen LogP contribution in [0.1, 0.15) is 6.42 Å². The smallest absolute Gasteiger partial charge is 0.0435 e. The first-order valence-corrected chi connectivity index (χ1v) is 3.32. The molecule has 1 saturated heterocycles. The van der Waals surface area contributed by atoms with Gasteiger partial charge < -0.3 is 0 Å². The number of hydrogen-bond donors (Lipinski definition) is 0. The molecule has 52 valence electrons. The zero-order valence-corrected chi connectivity index (χ0v) is 6.17. The molecule has 0 radical (unpaired) electrons. The predicted octanol–water partition coefficient (Wildman–Crippen LogP) is 0.723. The Morgan fingerprint density at radius 2 is 2.33 bits per heavy atom. The van der Waals surface area contributed by atoms with Gasteiger partial charge >= 0.3 is 0 Å². The van der Waals surface area contributed by atoms with E-state index in [1.165, 1.54) is 13.0 Å². The molecule has 0 saturated carbocycles. The van der Waals surface area contributed by atoms with E-state index in [-0.39, 0.29) is 0 Å². The van der Waals surface area contributed by atoms with Crippen LogP contribution in [0.3, 0.4) is 0 Å². The van der Waals surface area contributed by atoms with E-state index in [0.29, 0.717) is 6.04 Å². The lowest BCUT2D eigenvalue weighted by molar-refractivity contribution is -0.0641. The van der Waals surface area contributed by atoms with Gasteiger partial charge in [-0.05, 0) is 6.42 Å². The maximum atomic E-state index is 3.75. The van der Waals surface area contributed by atoms with Gasteiger partial charge in [-0.15, -0.1) is 6.58 Å². The zero-order valence-electron chi connectivity index (χ0n) is 6.17. The van der Waals surface area contributed by atoms with Gasteiger partial charge in [-0.3, -0.25) is 0 Å². The summed E-state index contributed by atoms with van der Waals surface area (Å²) in [5, 5.41) is 4.41. The van der Waals surface area contributed by atoms with Gasteiger partial charge in [-0.25, -0.2) is 10.0 Å². The first-order valence-electron chi connectivity index (χ1n) is 3.32. The fourth-order valence-electron chi connectivity index (χ4n) is 1.13. The van der Waals surface area contributed by atoms with Crippen LogP contribution in [0.15, 0.2) is 12.7 Å². The summed E-state index contributed by atoms with van der Waals surface area (Å²) >= 11 is 0. The minimum atomic E-state index is 0.597. The van der Waals surface area contributed by atoms with Gasteiger partial charge in [0, 0.05) is 26.7 Å². The van der Waals surface area contributed by atoms with Crippen LogP contribution in [-0.4, -0.2) is 36.7 Å². The Hall–Kier alpha value is -0.340. The highest BCUT2D eigenvalue weighted by atomic mass is 15.6. The molecule has 0 aromatic rings. The summed E-state index contributed by atoms with van der Waals surface area (Å²) in [6, 6.07) is 0.597. The van der Waals surface area contributed by atoms with Crippen LogP contribution in [0.5, 0.6) is 0 Å². The van der Waals surface area contributed by atoms with E-state index < -0.39 is 0 Å². The molecule has 1 heterocycles. The van der Waals surface area contributed by atoms with Crippen molar-refractivity contribution in [2.75, 3.05) is 20.6 Å². The third-order valence-corrected chi connectivity index (χ3v) is 1.82. The quantitative estimate of drug-likeness (QED) is 0.503. The minimum Gasteiger partial charge on any atom is -0.247 e. The molecule has 0 bridgehead atoms. The van der Waals surface area contributed by atoms with E-state index in [0.717, 1.165) is 0 Å². The van der Waals surface area contributed by atoms with E-state index >= 15 is 0 Å². The van der Waals surface area contributed by atoms with Crippen molar-refractivity contribution >= 4 is 0 Å². The van der Waals surface area contributed by atoms with Crippen LogP contribution in [0.25, 0.3) is 0 Å². The van der Waals surface area contributed by atoms with Crippen molar-refractivity contribution in [3.8, 4) is 0 Å². The first kappa shape index (κ1) is 6.78. The topological polar surface area (TPSA) is 6.48 Å². The minimum absolute atomic E-state index is 0.597. The molecule has 1 fully saturated rings. The SMILES string of the molecule is C=C[C@@H]1CCN1N(C)C. The second-order valence-electron chi connectivity index (χ2n) is 2.60. The maximum absolute atomic E-state index is 3.75. The molecule has 1 aliphatic rings. The van der Waals surface area contributed by atoms with E-state index in [4.69, 9.17) is 0 Å². The van der Waals surface area contributed by atoms with Gasteiger partial charge in [-0.2, -0.15) is 0 Å². The van der Waals surface area contributed by atoms with Crippen LogP contribution >= 0.6 is 0 Å². The van der Waals surface area contributed by atoms with E-state index in [2.05, 4.69) is 30.7 Å². The lowest BCUT2D eigenvalue weighted by Crippen LogP contribution is -2.53. The average molecular weight is 126 g/mol. The molecule has 2 heteroatoms. The Morgan fingerprint density at radius 1 is 1.67 bits per heavy atom. The van der Waals surface area contributed by atoms with Crippen molar-refractivity contribution in [2.24, 2.45) is 0 Å². The fraction of sp³-hybridized carbons (Fsp3) is 0.714. The molecule has 0 N–H and O–H groups in total. The summed E-state index contributed by atoms with van der Waals surface area (Å²) in [7, 11) is 4.13. The summed E-state index contributed by atoms with van der Waals surface area (Å²) in [4.78, 5) is 0. The Bertz CT molecular complexity index is 109. The van der Waals surface area contributed by atoms with Crippen LogP contribution in [0.4, 0.5) is 0 Å². The Morgan fingerprint density at radius 3 is 2.44 bits per heavy atom. The van der Waals surface area contributed by atoms with E-state index in [1.807, 2.05) is 6.08 Å². The third kappa shape index (κ3) is 1.14. The van der Waals surface area contributed by atoms with Gasteiger partial charge in [0.2, 0.25) is 0 Å². The van der Waals surface area contributed by atoms with Crippen LogP contribution < -0.4 is 0 Å². The van der Waals surface area contributed by atoms with Gasteiger partial charge in [0.15, 0.2) is 0 Å². The second-order valence-corrected chi connectivity index (χ2v) is 2.60. The molecule has 0 aromatic heterocycles. The van der Waals surface area contributed by atoms with E-state index in [1.54, 1.807) is 0 Å². The standard InChI is InChI=1S/C7H14N2/c1-4-7-5-6-9(7)8(2)3/h4,7H,1,5-6H2,2-3H3/t7-/m1/s1. The lowest BCUT2D eigenvalue weighted by Gasteiger charge is -2.43. The highest BCUT2D eigenvalue weighted by Crippen LogP contribution is 2.17. The number of rotatable bonds is 2. The zero-order chi connectivity index (χ0) is 6.85. The molecular weight excluding hydrogens is 112 g/mol. The Labute approximate surface area is 56.7 Å². The summed E-state index contributed by atoms with van der Waals surface area (Å²) in [6.07, 6.45) is 3.27. The Kier molecular flexibility index (Phi) is 1.88. The van der Waals surface area contributed by atoms with E-state index in [9.17, 15) is 0 Å². The molecule has 0 aromatic carbocycles. The molecule has 0 spiro atoms. The van der Waals surface area contributed by atoms with Gasteiger partial charge in [0.1, 0.15) is 0 Å². The molecular formula is C7H14N2. The molecule has 0 aliphatic carbocycles. The van der Waals surface area contributed by atoms with Crippen molar-refractivity contribution in [2.45, 2.75) is 12.5 Å². The van der Waals surface area contributed by atoms with Crippen molar-refractivity contribution in [1.82, 2.24) is 10.0 Å². The summed E-state index contributed by atoms with van der Waals surface area (Å²) in [6.45, 7) is 4.93. The van der Waals surface area contributed by atoms with Gasteiger partial charge in [0.25, 0.3) is 0 Å². The van der Waals surface area contributed by atoms with Crippen molar-refractivity contribution < 1.29 is 0 Å². The highest BCUT2D eigenvalue weighted by Gasteiger charge is 2.26. The first-order chi connectivity index (χ1) is 4.25. The molecule has 9 heavy (non-hydrogen) atoms. The summed E-state index contributed by atoms with van der Waals surface area (Å²) in [5.41, 5.74) is 0. The maximum Gasteiger partial charge on any atom is 0.0435 e. The summed E-state index contributed by atoms with van der Waals surface area (Å²) in [5.74, 6) is 0. The molecule has 1 atom stereocenters. The largest absolute Gasteiger partial charge is 0.247 e. The molecule has 1 aliphatic heterocycles. The normalized spacial score (nSPS) is 28.1. The molecule has 0 amide bonds. The van der Waals surface area contributed by atoms with Crippen LogP contribution in [0.2, 0.25) is 0 Å². The van der Waals surface area contributed by atoms with Crippen molar-refractivity contribution in [3.05, 3.63) is 12.7 Å². The van der Waals surface area contributed by atoms with Crippen LogP contribution in [0, 0.1) is 0 Å². The van der Waals surface area contributed by atoms with Gasteiger partial charge in [0.05, 0.1) is 0 Å². The van der Waals surface area contributed by atoms with Crippen molar-refractivity contribution in [3.63, 3.8) is 0 Å². The predicted molar refractivity (Wildman–Crippen MR) is 39.0 cm³/mol. The third-order valence-electron chi connectivity index (χ3n) is 1.82. The second kappa shape index (κ2) is 2.50. The van der Waals surface area contributed by atoms with Crippen LogP contribution in [-0.2, 0) is 0 Å². The molecule has 1 rings (SSSR count). The molecule has 0 unspecified atom stereocenters. The monoisotopic (exact) mass is 126 g/mol. The number of hydrazine groups is 1. The number of hydrogen-bond acceptors (Lipinski definition) is 2. The fourth-order valence-corrected chi connectivity index (χ4v) is 1.13. The lowest BCUT2D eigenvalue weighted by atomic mass is 10.1. The highest BCUT2D eigenvalue weighted by molar-refractivity contribution is 4.93. The average Bonchev–Trinajstić information content (AvgIpc) is 1.61.